The minimum Gasteiger partial charge on any atom is -0.493 e. The van der Waals surface area contributed by atoms with Crippen LogP contribution in [0.3, 0.4) is 0 Å². The number of H-pyrrole nitrogens is 1. The molecule has 0 unspecified atom stereocenters. The molecule has 0 aliphatic carbocycles. The van der Waals surface area contributed by atoms with E-state index in [4.69, 9.17) is 24.4 Å². The summed E-state index contributed by atoms with van der Waals surface area (Å²) in [6.07, 6.45) is 1.43. The number of carboxylic acid groups (broad SMARTS) is 1. The van der Waals surface area contributed by atoms with E-state index in [9.17, 15) is 9.90 Å². The first kappa shape index (κ1) is 19.3. The van der Waals surface area contributed by atoms with Crippen LogP contribution in [0.4, 0.5) is 0 Å². The van der Waals surface area contributed by atoms with Crippen molar-refractivity contribution in [3.63, 3.8) is 0 Å². The average Bonchev–Trinajstić information content (AvgIpc) is 3.03. The zero-order valence-corrected chi connectivity index (χ0v) is 15.1. The number of aromatic carboxylic acids is 1. The summed E-state index contributed by atoms with van der Waals surface area (Å²) in [6, 6.07) is 3.45. The predicted molar refractivity (Wildman–Crippen MR) is 96.3 cm³/mol. The molecule has 1 aromatic carbocycles. The van der Waals surface area contributed by atoms with Gasteiger partial charge in [-0.25, -0.2) is 4.79 Å². The highest BCUT2D eigenvalue weighted by Gasteiger charge is 2.26. The molecule has 0 spiro atoms. The lowest BCUT2D eigenvalue weighted by atomic mass is 9.96. The lowest BCUT2D eigenvalue weighted by molar-refractivity contribution is 0.0689. The molecule has 2 rings (SSSR count). The van der Waals surface area contributed by atoms with Crippen LogP contribution >= 0.6 is 0 Å². The summed E-state index contributed by atoms with van der Waals surface area (Å²) < 4.78 is 21.3. The molecule has 0 fully saturated rings. The van der Waals surface area contributed by atoms with Crippen LogP contribution in [0.1, 0.15) is 21.7 Å². The summed E-state index contributed by atoms with van der Waals surface area (Å²) in [6.45, 7) is 0.332. The van der Waals surface area contributed by atoms with Gasteiger partial charge < -0.3 is 34.4 Å². The number of aromatic nitrogens is 1. The van der Waals surface area contributed by atoms with Gasteiger partial charge in [0.15, 0.2) is 11.5 Å². The van der Waals surface area contributed by atoms with Crippen LogP contribution < -0.4 is 14.2 Å². The van der Waals surface area contributed by atoms with E-state index in [1.807, 2.05) is 0 Å². The summed E-state index contributed by atoms with van der Waals surface area (Å²) in [5.74, 6) is 0.158. The highest BCUT2D eigenvalue weighted by molar-refractivity contribution is 5.98. The topological polar surface area (TPSA) is 114 Å². The standard InChI is InChI=1S/C18H22N2O6/c1-23-8-7-10-14(12(9-19)20-15(10)18(21)22)11-5-6-13(24-2)17(26-4)16(11)25-3/h5-6,9,19-20H,7-8H2,1-4H3,(H,21,22). The SMILES string of the molecule is COCCc1c(C(=O)O)[nH]c(C=N)c1-c1ccc(OC)c(OC)c1OC. The molecule has 0 amide bonds. The summed E-state index contributed by atoms with van der Waals surface area (Å²) in [5.41, 5.74) is 2.07. The molecule has 0 radical (unpaired) electrons. The second-order valence-electron chi connectivity index (χ2n) is 5.34. The average molecular weight is 362 g/mol. The van der Waals surface area contributed by atoms with Crippen LogP contribution in [0.2, 0.25) is 0 Å². The Kier molecular flexibility index (Phi) is 6.24. The van der Waals surface area contributed by atoms with Gasteiger partial charge in [-0.1, -0.05) is 0 Å². The predicted octanol–water partition coefficient (Wildman–Crippen LogP) is 2.59. The third-order valence-corrected chi connectivity index (χ3v) is 4.02. The zero-order valence-electron chi connectivity index (χ0n) is 15.1. The van der Waals surface area contributed by atoms with E-state index in [1.165, 1.54) is 21.3 Å². The zero-order chi connectivity index (χ0) is 19.3. The van der Waals surface area contributed by atoms with E-state index in [1.54, 1.807) is 19.2 Å². The second-order valence-corrected chi connectivity index (χ2v) is 5.34. The number of nitrogens with one attached hydrogen (secondary N) is 2. The van der Waals surface area contributed by atoms with Gasteiger partial charge in [-0.15, -0.1) is 0 Å². The molecule has 3 N–H and O–H groups in total. The van der Waals surface area contributed by atoms with Crippen molar-refractivity contribution in [2.75, 3.05) is 35.0 Å². The molecule has 2 aromatic rings. The van der Waals surface area contributed by atoms with Crippen molar-refractivity contribution >= 4 is 12.2 Å². The monoisotopic (exact) mass is 362 g/mol. The molecule has 1 heterocycles. The third-order valence-electron chi connectivity index (χ3n) is 4.02. The first-order valence-corrected chi connectivity index (χ1v) is 7.80. The summed E-state index contributed by atoms with van der Waals surface area (Å²) >= 11 is 0. The first-order valence-electron chi connectivity index (χ1n) is 7.80. The number of benzene rings is 1. The van der Waals surface area contributed by atoms with Crippen LogP contribution in [0.25, 0.3) is 11.1 Å². The number of aromatic amines is 1. The van der Waals surface area contributed by atoms with E-state index >= 15 is 0 Å². The van der Waals surface area contributed by atoms with Gasteiger partial charge in [0.25, 0.3) is 0 Å². The van der Waals surface area contributed by atoms with Crippen molar-refractivity contribution in [3.8, 4) is 28.4 Å². The first-order chi connectivity index (χ1) is 12.5. The van der Waals surface area contributed by atoms with E-state index in [0.29, 0.717) is 52.7 Å². The van der Waals surface area contributed by atoms with Gasteiger partial charge in [0.1, 0.15) is 5.69 Å². The van der Waals surface area contributed by atoms with E-state index in [-0.39, 0.29) is 5.69 Å². The number of hydrogen-bond donors (Lipinski definition) is 3. The smallest absolute Gasteiger partial charge is 0.352 e. The van der Waals surface area contributed by atoms with Gasteiger partial charge in [-0.2, -0.15) is 0 Å². The van der Waals surface area contributed by atoms with Crippen molar-refractivity contribution in [2.45, 2.75) is 6.42 Å². The normalized spacial score (nSPS) is 10.5. The number of rotatable bonds is 9. The Morgan fingerprint density at radius 2 is 1.85 bits per heavy atom. The van der Waals surface area contributed by atoms with Gasteiger partial charge in [0.05, 0.1) is 33.6 Å². The molecular formula is C18H22N2O6. The lowest BCUT2D eigenvalue weighted by Gasteiger charge is -2.17. The molecule has 140 valence electrons. The largest absolute Gasteiger partial charge is 0.493 e. The molecule has 0 saturated carbocycles. The van der Waals surface area contributed by atoms with Crippen molar-refractivity contribution < 1.29 is 28.8 Å². The molecular weight excluding hydrogens is 340 g/mol. The van der Waals surface area contributed by atoms with E-state index in [0.717, 1.165) is 6.21 Å². The lowest BCUT2D eigenvalue weighted by Crippen LogP contribution is -2.05. The number of ether oxygens (including phenoxy) is 4. The highest BCUT2D eigenvalue weighted by Crippen LogP contribution is 2.46. The molecule has 26 heavy (non-hydrogen) atoms. The molecule has 0 atom stereocenters. The fraction of sp³-hybridized carbons (Fsp3) is 0.333. The molecule has 8 nitrogen and oxygen atoms in total. The molecule has 1 aromatic heterocycles. The molecule has 0 bridgehead atoms. The maximum atomic E-state index is 11.7. The van der Waals surface area contributed by atoms with Gasteiger partial charge in [-0.3, -0.25) is 0 Å². The van der Waals surface area contributed by atoms with Crippen LogP contribution in [-0.4, -0.2) is 57.3 Å². The van der Waals surface area contributed by atoms with E-state index in [2.05, 4.69) is 4.98 Å². The Balaban J connectivity index is 2.82. The molecule has 0 saturated heterocycles. The Bertz CT molecular complexity index is 812. The molecule has 0 aliphatic rings. The Morgan fingerprint density at radius 1 is 1.15 bits per heavy atom. The van der Waals surface area contributed by atoms with Gasteiger partial charge in [0.2, 0.25) is 5.75 Å². The van der Waals surface area contributed by atoms with Crippen LogP contribution in [0.5, 0.6) is 17.2 Å². The maximum absolute atomic E-state index is 11.7. The number of methoxy groups -OCH3 is 4. The molecule has 8 heteroatoms. The highest BCUT2D eigenvalue weighted by atomic mass is 16.5. The molecule has 0 aliphatic heterocycles. The summed E-state index contributed by atoms with van der Waals surface area (Å²) in [7, 11) is 6.04. The van der Waals surface area contributed by atoms with Crippen molar-refractivity contribution in [1.29, 1.82) is 5.41 Å². The number of carbonyl (C=O) groups is 1. The van der Waals surface area contributed by atoms with Crippen molar-refractivity contribution in [1.82, 2.24) is 4.98 Å². The van der Waals surface area contributed by atoms with Crippen LogP contribution in [-0.2, 0) is 11.2 Å². The quantitative estimate of drug-likeness (QED) is 0.591. The van der Waals surface area contributed by atoms with Gasteiger partial charge in [0, 0.05) is 24.5 Å². The van der Waals surface area contributed by atoms with E-state index < -0.39 is 5.97 Å². The van der Waals surface area contributed by atoms with Crippen LogP contribution in [0.15, 0.2) is 12.1 Å². The third kappa shape index (κ3) is 3.36. The summed E-state index contributed by atoms with van der Waals surface area (Å²) in [4.78, 5) is 14.5. The Morgan fingerprint density at radius 3 is 2.35 bits per heavy atom. The van der Waals surface area contributed by atoms with Crippen molar-refractivity contribution in [3.05, 3.63) is 29.1 Å². The minimum absolute atomic E-state index is 0.0207. The van der Waals surface area contributed by atoms with Gasteiger partial charge >= 0.3 is 5.97 Å². The fourth-order valence-electron chi connectivity index (χ4n) is 2.91. The Labute approximate surface area is 151 Å². The second kappa shape index (κ2) is 8.39. The van der Waals surface area contributed by atoms with Crippen molar-refractivity contribution in [2.24, 2.45) is 0 Å². The summed E-state index contributed by atoms with van der Waals surface area (Å²) in [5, 5.41) is 17.2. The number of carboxylic acids is 1. The van der Waals surface area contributed by atoms with Gasteiger partial charge in [-0.05, 0) is 24.1 Å². The number of hydrogen-bond acceptors (Lipinski definition) is 6. The maximum Gasteiger partial charge on any atom is 0.352 e. The Hall–Kier alpha value is -3.00. The van der Waals surface area contributed by atoms with Crippen LogP contribution in [0, 0.1) is 5.41 Å². The fourth-order valence-corrected chi connectivity index (χ4v) is 2.91. The minimum atomic E-state index is -1.11.